The van der Waals surface area contributed by atoms with Crippen LogP contribution in [-0.2, 0) is 5.60 Å². The quantitative estimate of drug-likeness (QED) is 0.899. The van der Waals surface area contributed by atoms with Gasteiger partial charge in [0.15, 0.2) is 23.0 Å². The van der Waals surface area contributed by atoms with Crippen molar-refractivity contribution in [3.8, 4) is 5.75 Å². The minimum absolute atomic E-state index is 0.195. The molecule has 118 valence electrons. The number of nitrogens with zero attached hydrogens (tertiary/aromatic N) is 1. The second kappa shape index (κ2) is 6.07. The molecule has 3 nitrogen and oxygen atoms in total. The first-order valence-corrected chi connectivity index (χ1v) is 7.73. The molecule has 1 aromatic carbocycles. The van der Waals surface area contributed by atoms with Gasteiger partial charge in [-0.05, 0) is 31.9 Å². The van der Waals surface area contributed by atoms with Gasteiger partial charge in [-0.3, -0.25) is 0 Å². The Labute approximate surface area is 128 Å². The number of imidazole rings is 1. The van der Waals surface area contributed by atoms with E-state index in [1.807, 2.05) is 6.92 Å². The number of nitrogens with one attached hydrogen (secondary N) is 1. The molecule has 1 saturated carbocycles. The summed E-state index contributed by atoms with van der Waals surface area (Å²) in [6, 6.07) is 3.77. The van der Waals surface area contributed by atoms with Crippen LogP contribution in [0.25, 0.3) is 0 Å². The molecule has 1 aromatic heterocycles. The van der Waals surface area contributed by atoms with Gasteiger partial charge in [-0.2, -0.15) is 0 Å². The molecule has 1 heterocycles. The standard InChI is InChI=1S/C17H20F2N2O/c1-17(15-10-20-11-21-15,12-6-3-2-4-7-12)22-16-13(18)8-5-9-14(16)19/h5,8-12H,2-4,6-7H2,1H3,(H,20,21). The lowest BCUT2D eigenvalue weighted by atomic mass is 9.76. The van der Waals surface area contributed by atoms with Crippen LogP contribution in [0.5, 0.6) is 5.75 Å². The molecule has 0 bridgehead atoms. The van der Waals surface area contributed by atoms with Gasteiger partial charge in [0.05, 0.1) is 18.2 Å². The number of hydrogen-bond donors (Lipinski definition) is 1. The molecule has 1 unspecified atom stereocenters. The molecule has 1 fully saturated rings. The van der Waals surface area contributed by atoms with Crippen molar-refractivity contribution < 1.29 is 13.5 Å². The number of para-hydroxylation sites is 1. The van der Waals surface area contributed by atoms with Crippen molar-refractivity contribution in [1.82, 2.24) is 9.97 Å². The summed E-state index contributed by atoms with van der Waals surface area (Å²) in [7, 11) is 0. The molecule has 5 heteroatoms. The molecule has 1 aliphatic carbocycles. The normalized spacial score (nSPS) is 18.9. The van der Waals surface area contributed by atoms with Crippen LogP contribution in [0.4, 0.5) is 8.78 Å². The molecule has 0 amide bonds. The molecule has 0 aliphatic heterocycles. The van der Waals surface area contributed by atoms with Gasteiger partial charge in [0.25, 0.3) is 0 Å². The van der Waals surface area contributed by atoms with E-state index in [0.717, 1.165) is 31.4 Å². The number of rotatable bonds is 4. The van der Waals surface area contributed by atoms with Gasteiger partial charge < -0.3 is 9.72 Å². The third kappa shape index (κ3) is 2.72. The molecular weight excluding hydrogens is 286 g/mol. The molecule has 22 heavy (non-hydrogen) atoms. The molecular formula is C17H20F2N2O. The summed E-state index contributed by atoms with van der Waals surface area (Å²) in [6.07, 6.45) is 8.61. The molecule has 2 aromatic rings. The summed E-state index contributed by atoms with van der Waals surface area (Å²) in [4.78, 5) is 7.10. The topological polar surface area (TPSA) is 37.9 Å². The number of ether oxygens (including phenoxy) is 1. The summed E-state index contributed by atoms with van der Waals surface area (Å²) in [5, 5.41) is 0. The summed E-state index contributed by atoms with van der Waals surface area (Å²) < 4.78 is 33.9. The molecule has 3 rings (SSSR count). The van der Waals surface area contributed by atoms with Crippen LogP contribution >= 0.6 is 0 Å². The Hall–Kier alpha value is -1.91. The van der Waals surface area contributed by atoms with Crippen molar-refractivity contribution in [3.63, 3.8) is 0 Å². The lowest BCUT2D eigenvalue weighted by Crippen LogP contribution is -2.40. The van der Waals surface area contributed by atoms with E-state index in [1.54, 1.807) is 12.5 Å². The molecule has 1 aliphatic rings. The monoisotopic (exact) mass is 306 g/mol. The minimum Gasteiger partial charge on any atom is -0.475 e. The molecule has 0 radical (unpaired) electrons. The maximum absolute atomic E-state index is 14.0. The van der Waals surface area contributed by atoms with Gasteiger partial charge >= 0.3 is 0 Å². The summed E-state index contributed by atoms with van der Waals surface area (Å²) in [6.45, 7) is 1.89. The highest BCUT2D eigenvalue weighted by atomic mass is 19.1. The van der Waals surface area contributed by atoms with E-state index in [2.05, 4.69) is 9.97 Å². The fraction of sp³-hybridized carbons (Fsp3) is 0.471. The summed E-state index contributed by atoms with van der Waals surface area (Å²) >= 11 is 0. The van der Waals surface area contributed by atoms with E-state index in [4.69, 9.17) is 4.74 Å². The fourth-order valence-corrected chi connectivity index (χ4v) is 3.33. The van der Waals surface area contributed by atoms with E-state index in [9.17, 15) is 8.78 Å². The van der Waals surface area contributed by atoms with Crippen LogP contribution < -0.4 is 4.74 Å². The number of aromatic nitrogens is 2. The molecule has 1 N–H and O–H groups in total. The van der Waals surface area contributed by atoms with E-state index >= 15 is 0 Å². The second-order valence-corrected chi connectivity index (χ2v) is 6.06. The summed E-state index contributed by atoms with van der Waals surface area (Å²) in [5.41, 5.74) is -0.0676. The van der Waals surface area contributed by atoms with Crippen molar-refractivity contribution in [2.75, 3.05) is 0 Å². The van der Waals surface area contributed by atoms with Gasteiger partial charge in [0.2, 0.25) is 0 Å². The highest BCUT2D eigenvalue weighted by Crippen LogP contribution is 2.42. The zero-order valence-corrected chi connectivity index (χ0v) is 12.6. The second-order valence-electron chi connectivity index (χ2n) is 6.06. The van der Waals surface area contributed by atoms with Gasteiger partial charge in [-0.25, -0.2) is 13.8 Å². The summed E-state index contributed by atoms with van der Waals surface area (Å²) in [5.74, 6) is -1.48. The Bertz CT molecular complexity index is 603. The van der Waals surface area contributed by atoms with Crippen molar-refractivity contribution >= 4 is 0 Å². The van der Waals surface area contributed by atoms with Gasteiger partial charge in [-0.1, -0.05) is 25.3 Å². The van der Waals surface area contributed by atoms with Crippen LogP contribution in [-0.4, -0.2) is 9.97 Å². The highest BCUT2D eigenvalue weighted by Gasteiger charge is 2.41. The van der Waals surface area contributed by atoms with Crippen molar-refractivity contribution in [2.24, 2.45) is 5.92 Å². The van der Waals surface area contributed by atoms with Gasteiger partial charge in [-0.15, -0.1) is 0 Å². The Kier molecular flexibility index (Phi) is 4.14. The number of hydrogen-bond acceptors (Lipinski definition) is 2. The lowest BCUT2D eigenvalue weighted by molar-refractivity contribution is -0.00599. The van der Waals surface area contributed by atoms with E-state index in [0.29, 0.717) is 0 Å². The number of aromatic amines is 1. The van der Waals surface area contributed by atoms with Crippen LogP contribution in [0.1, 0.15) is 44.7 Å². The minimum atomic E-state index is -0.819. The van der Waals surface area contributed by atoms with E-state index < -0.39 is 17.2 Å². The first kappa shape index (κ1) is 15.0. The first-order valence-electron chi connectivity index (χ1n) is 7.73. The lowest BCUT2D eigenvalue weighted by Gasteiger charge is -2.39. The Morgan fingerprint density at radius 1 is 1.18 bits per heavy atom. The van der Waals surface area contributed by atoms with Gasteiger partial charge in [0, 0.05) is 5.92 Å². The highest BCUT2D eigenvalue weighted by molar-refractivity contribution is 5.28. The van der Waals surface area contributed by atoms with Crippen LogP contribution in [0.3, 0.4) is 0 Å². The Balaban J connectivity index is 1.99. The third-order valence-electron chi connectivity index (χ3n) is 4.65. The SMILES string of the molecule is CC(Oc1c(F)cccc1F)(c1cnc[nH]1)C1CCCCC1. The zero-order chi connectivity index (χ0) is 15.6. The number of halogens is 2. The largest absolute Gasteiger partial charge is 0.475 e. The Morgan fingerprint density at radius 2 is 1.86 bits per heavy atom. The Morgan fingerprint density at radius 3 is 2.45 bits per heavy atom. The maximum atomic E-state index is 14.0. The smallest absolute Gasteiger partial charge is 0.191 e. The van der Waals surface area contributed by atoms with Crippen LogP contribution in [0, 0.1) is 17.6 Å². The maximum Gasteiger partial charge on any atom is 0.191 e. The molecule has 0 spiro atoms. The van der Waals surface area contributed by atoms with Crippen LogP contribution in [0.2, 0.25) is 0 Å². The first-order chi connectivity index (χ1) is 10.6. The average Bonchev–Trinajstić information content (AvgIpc) is 3.07. The van der Waals surface area contributed by atoms with E-state index in [1.165, 1.54) is 24.6 Å². The fourth-order valence-electron chi connectivity index (χ4n) is 3.33. The number of benzene rings is 1. The predicted octanol–water partition coefficient (Wildman–Crippen LogP) is 4.56. The van der Waals surface area contributed by atoms with Crippen molar-refractivity contribution in [3.05, 3.63) is 48.1 Å². The van der Waals surface area contributed by atoms with Gasteiger partial charge in [0.1, 0.15) is 0 Å². The predicted molar refractivity (Wildman–Crippen MR) is 79.5 cm³/mol. The molecule has 1 atom stereocenters. The zero-order valence-electron chi connectivity index (χ0n) is 12.6. The third-order valence-corrected chi connectivity index (χ3v) is 4.65. The van der Waals surface area contributed by atoms with Crippen molar-refractivity contribution in [1.29, 1.82) is 0 Å². The number of H-pyrrole nitrogens is 1. The van der Waals surface area contributed by atoms with Crippen LogP contribution in [0.15, 0.2) is 30.7 Å². The average molecular weight is 306 g/mol. The van der Waals surface area contributed by atoms with E-state index in [-0.39, 0.29) is 11.7 Å². The van der Waals surface area contributed by atoms with Crippen molar-refractivity contribution in [2.45, 2.75) is 44.6 Å². The molecule has 0 saturated heterocycles.